The normalized spacial score (nSPS) is 16.4. The first-order valence-electron chi connectivity index (χ1n) is 8.59. The molecule has 25 heavy (non-hydrogen) atoms. The molecule has 0 saturated carbocycles. The molecular formula is C20H22N2O3. The molecule has 2 aromatic rings. The Bertz CT molecular complexity index is 767. The minimum atomic E-state index is -0.395. The van der Waals surface area contributed by atoms with E-state index in [1.807, 2.05) is 31.2 Å². The number of nitrogens with one attached hydrogen (secondary N) is 2. The van der Waals surface area contributed by atoms with Crippen LogP contribution in [0.1, 0.15) is 35.7 Å². The SMILES string of the molecule is CCc1ccccc1NC(=O)c1cccc(NC(=O)C2CCCO2)c1. The van der Waals surface area contributed by atoms with Gasteiger partial charge in [-0.1, -0.05) is 31.2 Å². The summed E-state index contributed by atoms with van der Waals surface area (Å²) in [6, 6.07) is 14.7. The number of rotatable bonds is 5. The molecule has 2 amide bonds. The maximum atomic E-state index is 12.5. The fourth-order valence-electron chi connectivity index (χ4n) is 2.89. The molecule has 1 aliphatic heterocycles. The number of hydrogen-bond acceptors (Lipinski definition) is 3. The highest BCUT2D eigenvalue weighted by atomic mass is 16.5. The molecule has 2 N–H and O–H groups in total. The Kier molecular flexibility index (Phi) is 5.46. The van der Waals surface area contributed by atoms with Crippen LogP contribution >= 0.6 is 0 Å². The molecule has 5 heteroatoms. The largest absolute Gasteiger partial charge is 0.368 e. The van der Waals surface area contributed by atoms with E-state index in [9.17, 15) is 9.59 Å². The molecule has 0 aromatic heterocycles. The van der Waals surface area contributed by atoms with Crippen molar-refractivity contribution in [3.8, 4) is 0 Å². The Hall–Kier alpha value is -2.66. The third kappa shape index (κ3) is 4.25. The van der Waals surface area contributed by atoms with E-state index in [1.54, 1.807) is 24.3 Å². The maximum absolute atomic E-state index is 12.5. The summed E-state index contributed by atoms with van der Waals surface area (Å²) in [5.41, 5.74) is 2.98. The summed E-state index contributed by atoms with van der Waals surface area (Å²) < 4.78 is 5.38. The van der Waals surface area contributed by atoms with Crippen molar-refractivity contribution in [2.75, 3.05) is 17.2 Å². The molecular weight excluding hydrogens is 316 g/mol. The zero-order valence-corrected chi connectivity index (χ0v) is 14.2. The van der Waals surface area contributed by atoms with Crippen molar-refractivity contribution in [2.45, 2.75) is 32.3 Å². The summed E-state index contributed by atoms with van der Waals surface area (Å²) >= 11 is 0. The highest BCUT2D eigenvalue weighted by Crippen LogP contribution is 2.19. The zero-order chi connectivity index (χ0) is 17.6. The van der Waals surface area contributed by atoms with E-state index in [4.69, 9.17) is 4.74 Å². The fourth-order valence-corrected chi connectivity index (χ4v) is 2.89. The van der Waals surface area contributed by atoms with Gasteiger partial charge in [-0.3, -0.25) is 9.59 Å². The van der Waals surface area contributed by atoms with E-state index in [2.05, 4.69) is 10.6 Å². The monoisotopic (exact) mass is 338 g/mol. The van der Waals surface area contributed by atoms with Gasteiger partial charge in [-0.05, 0) is 49.1 Å². The van der Waals surface area contributed by atoms with Gasteiger partial charge in [0.1, 0.15) is 6.10 Å². The average molecular weight is 338 g/mol. The first-order chi connectivity index (χ1) is 12.2. The molecule has 1 heterocycles. The number of aryl methyl sites for hydroxylation is 1. The fraction of sp³-hybridized carbons (Fsp3) is 0.300. The second-order valence-corrected chi connectivity index (χ2v) is 6.04. The Morgan fingerprint density at radius 3 is 2.72 bits per heavy atom. The highest BCUT2D eigenvalue weighted by Gasteiger charge is 2.23. The lowest BCUT2D eigenvalue weighted by Crippen LogP contribution is -2.27. The lowest BCUT2D eigenvalue weighted by Gasteiger charge is -2.12. The molecule has 1 aliphatic rings. The summed E-state index contributed by atoms with van der Waals surface area (Å²) in [7, 11) is 0. The molecule has 3 rings (SSSR count). The van der Waals surface area contributed by atoms with E-state index in [-0.39, 0.29) is 11.8 Å². The second-order valence-electron chi connectivity index (χ2n) is 6.04. The van der Waals surface area contributed by atoms with E-state index in [0.717, 1.165) is 30.5 Å². The third-order valence-electron chi connectivity index (χ3n) is 4.26. The Morgan fingerprint density at radius 2 is 1.96 bits per heavy atom. The van der Waals surface area contributed by atoms with Gasteiger partial charge in [-0.25, -0.2) is 0 Å². The topological polar surface area (TPSA) is 67.4 Å². The first-order valence-corrected chi connectivity index (χ1v) is 8.59. The summed E-state index contributed by atoms with van der Waals surface area (Å²) in [6.07, 6.45) is 2.08. The summed E-state index contributed by atoms with van der Waals surface area (Å²) in [4.78, 5) is 24.7. The molecule has 5 nitrogen and oxygen atoms in total. The van der Waals surface area contributed by atoms with E-state index in [0.29, 0.717) is 17.9 Å². The third-order valence-corrected chi connectivity index (χ3v) is 4.26. The Labute approximate surface area is 147 Å². The Balaban J connectivity index is 1.70. The number of benzene rings is 2. The van der Waals surface area contributed by atoms with Gasteiger partial charge in [-0.2, -0.15) is 0 Å². The smallest absolute Gasteiger partial charge is 0.255 e. The lowest BCUT2D eigenvalue weighted by molar-refractivity contribution is -0.124. The number of amides is 2. The zero-order valence-electron chi connectivity index (χ0n) is 14.2. The van der Waals surface area contributed by atoms with E-state index in [1.165, 1.54) is 0 Å². The standard InChI is InChI=1S/C20H22N2O3/c1-2-14-7-3-4-10-17(14)22-19(23)15-8-5-9-16(13-15)21-20(24)18-11-6-12-25-18/h3-5,7-10,13,18H,2,6,11-12H2,1H3,(H,21,24)(H,22,23). The average Bonchev–Trinajstić information content (AvgIpc) is 3.17. The van der Waals surface area contributed by atoms with Crippen molar-refractivity contribution >= 4 is 23.2 Å². The molecule has 0 aliphatic carbocycles. The maximum Gasteiger partial charge on any atom is 0.255 e. The van der Waals surface area contributed by atoms with Gasteiger partial charge in [0.15, 0.2) is 0 Å². The molecule has 1 saturated heterocycles. The van der Waals surface area contributed by atoms with Crippen LogP contribution in [0.2, 0.25) is 0 Å². The van der Waals surface area contributed by atoms with Gasteiger partial charge in [0.25, 0.3) is 11.8 Å². The summed E-state index contributed by atoms with van der Waals surface area (Å²) in [6.45, 7) is 2.67. The quantitative estimate of drug-likeness (QED) is 0.875. The van der Waals surface area contributed by atoms with Crippen molar-refractivity contribution in [1.29, 1.82) is 0 Å². The van der Waals surface area contributed by atoms with Crippen LogP contribution in [0.5, 0.6) is 0 Å². The minimum Gasteiger partial charge on any atom is -0.368 e. The van der Waals surface area contributed by atoms with Crippen LogP contribution in [-0.2, 0) is 16.0 Å². The molecule has 0 bridgehead atoms. The molecule has 1 atom stereocenters. The van der Waals surface area contributed by atoms with Crippen LogP contribution in [0.15, 0.2) is 48.5 Å². The number of hydrogen-bond donors (Lipinski definition) is 2. The van der Waals surface area contributed by atoms with Crippen molar-refractivity contribution in [1.82, 2.24) is 0 Å². The molecule has 130 valence electrons. The van der Waals surface area contributed by atoms with Crippen LogP contribution in [0.3, 0.4) is 0 Å². The Morgan fingerprint density at radius 1 is 1.12 bits per heavy atom. The molecule has 0 spiro atoms. The van der Waals surface area contributed by atoms with Crippen LogP contribution in [-0.4, -0.2) is 24.5 Å². The molecule has 0 radical (unpaired) electrons. The van der Waals surface area contributed by atoms with Crippen molar-refractivity contribution in [3.63, 3.8) is 0 Å². The summed E-state index contributed by atoms with van der Waals surface area (Å²) in [5.74, 6) is -0.361. The van der Waals surface area contributed by atoms with Crippen molar-refractivity contribution < 1.29 is 14.3 Å². The first kappa shape index (κ1) is 17.2. The van der Waals surface area contributed by atoms with Crippen molar-refractivity contribution in [2.24, 2.45) is 0 Å². The van der Waals surface area contributed by atoms with Crippen LogP contribution in [0.25, 0.3) is 0 Å². The van der Waals surface area contributed by atoms with Gasteiger partial charge < -0.3 is 15.4 Å². The number of ether oxygens (including phenoxy) is 1. The molecule has 1 fully saturated rings. The van der Waals surface area contributed by atoms with Crippen LogP contribution < -0.4 is 10.6 Å². The summed E-state index contributed by atoms with van der Waals surface area (Å²) in [5, 5.41) is 5.76. The van der Waals surface area contributed by atoms with E-state index < -0.39 is 6.10 Å². The van der Waals surface area contributed by atoms with Crippen LogP contribution in [0.4, 0.5) is 11.4 Å². The van der Waals surface area contributed by atoms with Gasteiger partial charge in [-0.15, -0.1) is 0 Å². The predicted octanol–water partition coefficient (Wildman–Crippen LogP) is 3.62. The van der Waals surface area contributed by atoms with Crippen LogP contribution in [0, 0.1) is 0 Å². The van der Waals surface area contributed by atoms with Gasteiger partial charge >= 0.3 is 0 Å². The number of para-hydroxylation sites is 1. The number of carbonyl (C=O) groups excluding carboxylic acids is 2. The highest BCUT2D eigenvalue weighted by molar-refractivity contribution is 6.05. The lowest BCUT2D eigenvalue weighted by atomic mass is 10.1. The molecule has 1 unspecified atom stereocenters. The van der Waals surface area contributed by atoms with Gasteiger partial charge in [0.2, 0.25) is 0 Å². The predicted molar refractivity (Wildman–Crippen MR) is 97.8 cm³/mol. The number of carbonyl (C=O) groups is 2. The van der Waals surface area contributed by atoms with Gasteiger partial charge in [0.05, 0.1) is 0 Å². The van der Waals surface area contributed by atoms with Gasteiger partial charge in [0, 0.05) is 23.5 Å². The molecule has 2 aromatic carbocycles. The van der Waals surface area contributed by atoms with Crippen molar-refractivity contribution in [3.05, 3.63) is 59.7 Å². The minimum absolute atomic E-state index is 0.161. The van der Waals surface area contributed by atoms with E-state index >= 15 is 0 Å². The number of anilines is 2. The second kappa shape index (κ2) is 7.94.